The van der Waals surface area contributed by atoms with Crippen LogP contribution in [0.15, 0.2) is 59.6 Å². The highest BCUT2D eigenvalue weighted by Gasteiger charge is 2.15. The van der Waals surface area contributed by atoms with Crippen molar-refractivity contribution in [2.24, 2.45) is 10.7 Å². The largest absolute Gasteiger partial charge is 0.468 e. The van der Waals surface area contributed by atoms with Crippen molar-refractivity contribution in [3.63, 3.8) is 0 Å². The van der Waals surface area contributed by atoms with E-state index in [0.717, 1.165) is 40.8 Å². The standard InChI is InChI=1S/C23H24N4O3/c24-23(25-14-28)27-22-13-21(26-20-8-4-3-7-19(20)22)16-9-11-18(12-10-16)30-15-29-17-5-1-2-6-17/h3-4,7-14,17H,1-2,5-6,15H2,(H3,24,25,26,27,28). The van der Waals surface area contributed by atoms with Crippen LogP contribution in [0.1, 0.15) is 25.7 Å². The van der Waals surface area contributed by atoms with Gasteiger partial charge < -0.3 is 15.2 Å². The predicted molar refractivity (Wildman–Crippen MR) is 116 cm³/mol. The van der Waals surface area contributed by atoms with Crippen LogP contribution in [0.25, 0.3) is 22.2 Å². The Morgan fingerprint density at radius 3 is 2.70 bits per heavy atom. The maximum absolute atomic E-state index is 10.6. The molecule has 1 aliphatic rings. The minimum atomic E-state index is 0.0262. The van der Waals surface area contributed by atoms with E-state index in [9.17, 15) is 4.79 Å². The molecule has 7 heteroatoms. The van der Waals surface area contributed by atoms with Gasteiger partial charge in [0, 0.05) is 10.9 Å². The lowest BCUT2D eigenvalue weighted by Gasteiger charge is -2.12. The van der Waals surface area contributed by atoms with Crippen LogP contribution in [-0.2, 0) is 9.53 Å². The first-order valence-corrected chi connectivity index (χ1v) is 10.0. The van der Waals surface area contributed by atoms with Gasteiger partial charge in [0.15, 0.2) is 12.8 Å². The van der Waals surface area contributed by atoms with Crippen LogP contribution in [0.4, 0.5) is 5.69 Å². The van der Waals surface area contributed by atoms with Gasteiger partial charge in [0.05, 0.1) is 23.0 Å². The molecule has 1 amide bonds. The molecule has 0 radical (unpaired) electrons. The molecule has 0 atom stereocenters. The fourth-order valence-corrected chi connectivity index (χ4v) is 3.60. The van der Waals surface area contributed by atoms with Crippen LogP contribution in [0.2, 0.25) is 0 Å². The van der Waals surface area contributed by atoms with Crippen molar-refractivity contribution in [2.75, 3.05) is 6.79 Å². The molecule has 1 saturated carbocycles. The Hall–Kier alpha value is -3.45. The highest BCUT2D eigenvalue weighted by molar-refractivity contribution is 5.97. The predicted octanol–water partition coefficient (Wildman–Crippen LogP) is 3.89. The van der Waals surface area contributed by atoms with Crippen LogP contribution in [-0.4, -0.2) is 30.3 Å². The van der Waals surface area contributed by atoms with Gasteiger partial charge in [-0.1, -0.05) is 31.0 Å². The molecule has 0 aliphatic heterocycles. The number of nitrogens with two attached hydrogens (primary N) is 1. The molecule has 7 nitrogen and oxygen atoms in total. The number of fused-ring (bicyclic) bond motifs is 1. The van der Waals surface area contributed by atoms with Crippen molar-refractivity contribution in [3.8, 4) is 17.0 Å². The van der Waals surface area contributed by atoms with E-state index in [-0.39, 0.29) is 12.8 Å². The second kappa shape index (κ2) is 9.37. The van der Waals surface area contributed by atoms with Gasteiger partial charge in [0.25, 0.3) is 0 Å². The third-order valence-electron chi connectivity index (χ3n) is 5.12. The van der Waals surface area contributed by atoms with E-state index in [1.807, 2.05) is 54.6 Å². The molecule has 1 aliphatic carbocycles. The average molecular weight is 404 g/mol. The number of benzene rings is 2. The Morgan fingerprint density at radius 2 is 1.93 bits per heavy atom. The first-order chi connectivity index (χ1) is 14.7. The summed E-state index contributed by atoms with van der Waals surface area (Å²) in [7, 11) is 0. The molecule has 2 aromatic carbocycles. The summed E-state index contributed by atoms with van der Waals surface area (Å²) in [6.45, 7) is 0.264. The molecule has 1 aromatic heterocycles. The zero-order valence-corrected chi connectivity index (χ0v) is 16.6. The number of hydrogen-bond acceptors (Lipinski definition) is 5. The molecule has 3 aromatic rings. The molecule has 1 heterocycles. The van der Waals surface area contributed by atoms with Crippen molar-refractivity contribution in [1.82, 2.24) is 10.3 Å². The molecular formula is C23H24N4O3. The topological polar surface area (TPSA) is 98.8 Å². The quantitative estimate of drug-likeness (QED) is 0.269. The smallest absolute Gasteiger partial charge is 0.213 e. The van der Waals surface area contributed by atoms with E-state index < -0.39 is 0 Å². The van der Waals surface area contributed by atoms with Gasteiger partial charge in [0.1, 0.15) is 5.75 Å². The lowest BCUT2D eigenvalue weighted by molar-refractivity contribution is -0.108. The van der Waals surface area contributed by atoms with E-state index in [4.69, 9.17) is 20.2 Å². The number of nitrogens with zero attached hydrogens (tertiary/aromatic N) is 2. The van der Waals surface area contributed by atoms with E-state index >= 15 is 0 Å². The van der Waals surface area contributed by atoms with Crippen LogP contribution in [0.3, 0.4) is 0 Å². The highest BCUT2D eigenvalue weighted by Crippen LogP contribution is 2.31. The molecular weight excluding hydrogens is 380 g/mol. The van der Waals surface area contributed by atoms with Gasteiger partial charge >= 0.3 is 0 Å². The zero-order valence-electron chi connectivity index (χ0n) is 16.6. The van der Waals surface area contributed by atoms with E-state index in [1.54, 1.807) is 0 Å². The van der Waals surface area contributed by atoms with Crippen LogP contribution < -0.4 is 15.8 Å². The summed E-state index contributed by atoms with van der Waals surface area (Å²) in [4.78, 5) is 19.7. The molecule has 30 heavy (non-hydrogen) atoms. The lowest BCUT2D eigenvalue weighted by Crippen LogP contribution is -2.29. The fraction of sp³-hybridized carbons (Fsp3) is 0.261. The van der Waals surface area contributed by atoms with E-state index in [1.165, 1.54) is 12.8 Å². The maximum Gasteiger partial charge on any atom is 0.213 e. The fourth-order valence-electron chi connectivity index (χ4n) is 3.60. The molecule has 0 bridgehead atoms. The molecule has 154 valence electrons. The summed E-state index contributed by atoms with van der Waals surface area (Å²) in [5.41, 5.74) is 8.86. The van der Waals surface area contributed by atoms with Gasteiger partial charge in [-0.2, -0.15) is 0 Å². The summed E-state index contributed by atoms with van der Waals surface area (Å²) in [6.07, 6.45) is 5.54. The van der Waals surface area contributed by atoms with Crippen molar-refractivity contribution in [2.45, 2.75) is 31.8 Å². The Balaban J connectivity index is 1.54. The number of aliphatic imine (C=N–C) groups is 1. The third-order valence-corrected chi connectivity index (χ3v) is 5.12. The number of guanidine groups is 1. The first kappa shape index (κ1) is 19.8. The Morgan fingerprint density at radius 1 is 1.17 bits per heavy atom. The molecule has 4 rings (SSSR count). The molecule has 1 fully saturated rings. The van der Waals surface area contributed by atoms with Crippen molar-refractivity contribution in [1.29, 1.82) is 0 Å². The minimum Gasteiger partial charge on any atom is -0.468 e. The Labute approximate surface area is 174 Å². The summed E-state index contributed by atoms with van der Waals surface area (Å²) < 4.78 is 11.5. The number of rotatable bonds is 7. The van der Waals surface area contributed by atoms with E-state index in [2.05, 4.69) is 10.3 Å². The lowest BCUT2D eigenvalue weighted by atomic mass is 10.1. The number of amides is 1. The van der Waals surface area contributed by atoms with Crippen LogP contribution >= 0.6 is 0 Å². The number of nitrogens with one attached hydrogen (secondary N) is 1. The maximum atomic E-state index is 10.6. The monoisotopic (exact) mass is 404 g/mol. The normalized spacial score (nSPS) is 14.7. The number of carbonyl (C=O) groups is 1. The number of pyridine rings is 1. The second-order valence-corrected chi connectivity index (χ2v) is 7.16. The van der Waals surface area contributed by atoms with Crippen molar-refractivity contribution >= 4 is 29.0 Å². The Bertz CT molecular complexity index is 1040. The second-order valence-electron chi connectivity index (χ2n) is 7.16. The van der Waals surface area contributed by atoms with Gasteiger partial charge in [0.2, 0.25) is 6.41 Å². The number of ether oxygens (including phenoxy) is 2. The van der Waals surface area contributed by atoms with Gasteiger partial charge in [-0.05, 0) is 49.2 Å². The molecule has 0 spiro atoms. The van der Waals surface area contributed by atoms with Crippen LogP contribution in [0, 0.1) is 0 Å². The number of carbonyl (C=O) groups excluding carboxylic acids is 1. The molecule has 0 unspecified atom stereocenters. The molecule has 0 saturated heterocycles. The summed E-state index contributed by atoms with van der Waals surface area (Å²) >= 11 is 0. The van der Waals surface area contributed by atoms with E-state index in [0.29, 0.717) is 18.2 Å². The average Bonchev–Trinajstić information content (AvgIpc) is 3.28. The number of para-hydroxylation sites is 1. The summed E-state index contributed by atoms with van der Waals surface area (Å²) in [5.74, 6) is 0.772. The van der Waals surface area contributed by atoms with Crippen molar-refractivity contribution in [3.05, 3.63) is 54.6 Å². The number of hydrogen-bond donors (Lipinski definition) is 2. The third kappa shape index (κ3) is 4.75. The van der Waals surface area contributed by atoms with Crippen LogP contribution in [0.5, 0.6) is 5.75 Å². The summed E-state index contributed by atoms with van der Waals surface area (Å²) in [5, 5.41) is 3.21. The SMILES string of the molecule is NC(=Nc1cc(-c2ccc(OCOC3CCCC3)cc2)nc2ccccc12)NC=O. The van der Waals surface area contributed by atoms with Gasteiger partial charge in [-0.25, -0.2) is 9.98 Å². The molecule has 3 N–H and O–H groups in total. The zero-order chi connectivity index (χ0) is 20.8. The van der Waals surface area contributed by atoms with Crippen molar-refractivity contribution < 1.29 is 14.3 Å². The minimum absolute atomic E-state index is 0.0262. The highest BCUT2D eigenvalue weighted by atomic mass is 16.7. The first-order valence-electron chi connectivity index (χ1n) is 10.0. The Kier molecular flexibility index (Phi) is 6.20. The number of aromatic nitrogens is 1. The van der Waals surface area contributed by atoms with Gasteiger partial charge in [-0.15, -0.1) is 0 Å². The van der Waals surface area contributed by atoms with Gasteiger partial charge in [-0.3, -0.25) is 10.1 Å². The summed E-state index contributed by atoms with van der Waals surface area (Å²) in [6, 6.07) is 17.2.